The van der Waals surface area contributed by atoms with Gasteiger partial charge in [0, 0.05) is 25.0 Å². The molecule has 1 rings (SSSR count). The Kier molecular flexibility index (Phi) is 5.78. The zero-order valence-corrected chi connectivity index (χ0v) is 11.6. The minimum absolute atomic E-state index is 0.0411. The molecule has 4 heteroatoms. The van der Waals surface area contributed by atoms with Crippen LogP contribution in [0.4, 0.5) is 0 Å². The second kappa shape index (κ2) is 7.11. The van der Waals surface area contributed by atoms with Gasteiger partial charge in [0.05, 0.1) is 6.04 Å². The molecule has 0 aromatic carbocycles. The summed E-state index contributed by atoms with van der Waals surface area (Å²) in [5, 5.41) is 6.19. The molecule has 100 valence electrons. The van der Waals surface area contributed by atoms with Crippen molar-refractivity contribution in [1.29, 1.82) is 0 Å². The van der Waals surface area contributed by atoms with Gasteiger partial charge in [0.15, 0.2) is 0 Å². The summed E-state index contributed by atoms with van der Waals surface area (Å²) in [5.41, 5.74) is 1.08. The Morgan fingerprint density at radius 1 is 1.33 bits per heavy atom. The molecule has 1 aromatic heterocycles. The Balaban J connectivity index is 2.44. The molecule has 0 spiro atoms. The van der Waals surface area contributed by atoms with E-state index in [4.69, 9.17) is 0 Å². The molecular weight excluding hydrogens is 226 g/mol. The summed E-state index contributed by atoms with van der Waals surface area (Å²) in [6.07, 6.45) is 3.56. The number of pyridine rings is 1. The number of aromatic nitrogens is 1. The van der Waals surface area contributed by atoms with E-state index >= 15 is 0 Å². The summed E-state index contributed by atoms with van der Waals surface area (Å²) < 4.78 is 0. The van der Waals surface area contributed by atoms with E-state index < -0.39 is 0 Å². The molecule has 2 N–H and O–H groups in total. The average Bonchev–Trinajstić information content (AvgIpc) is 2.36. The fraction of sp³-hybridized carbons (Fsp3) is 0.571. The van der Waals surface area contributed by atoms with Gasteiger partial charge in [0.25, 0.3) is 0 Å². The molecule has 0 aliphatic heterocycles. The molecule has 18 heavy (non-hydrogen) atoms. The van der Waals surface area contributed by atoms with Gasteiger partial charge in [-0.05, 0) is 31.4 Å². The molecule has 0 aliphatic carbocycles. The molecular formula is C14H23N3O. The number of nitrogens with zero attached hydrogens (tertiary/aromatic N) is 1. The molecule has 4 nitrogen and oxygen atoms in total. The highest BCUT2D eigenvalue weighted by molar-refractivity contribution is 5.81. The standard InChI is InChI=1S/C14H23N3O/c1-10(2)8-16-14(18)12(4)17-11(3)13-6-5-7-15-9-13/h5-7,9-12,17H,8H2,1-4H3,(H,16,18)/t11-,12?/m1/s1. The predicted molar refractivity (Wildman–Crippen MR) is 73.1 cm³/mol. The van der Waals surface area contributed by atoms with Crippen molar-refractivity contribution in [3.63, 3.8) is 0 Å². The molecule has 1 amide bonds. The molecule has 2 atom stereocenters. The van der Waals surface area contributed by atoms with Crippen LogP contribution in [0, 0.1) is 5.92 Å². The summed E-state index contributed by atoms with van der Waals surface area (Å²) in [5.74, 6) is 0.510. The topological polar surface area (TPSA) is 54.0 Å². The maximum Gasteiger partial charge on any atom is 0.236 e. The summed E-state index contributed by atoms with van der Waals surface area (Å²) in [7, 11) is 0. The monoisotopic (exact) mass is 249 g/mol. The molecule has 0 fully saturated rings. The van der Waals surface area contributed by atoms with Gasteiger partial charge in [0.1, 0.15) is 0 Å². The lowest BCUT2D eigenvalue weighted by atomic mass is 10.1. The molecule has 0 bridgehead atoms. The van der Waals surface area contributed by atoms with Crippen LogP contribution in [0.5, 0.6) is 0 Å². The highest BCUT2D eigenvalue weighted by Gasteiger charge is 2.16. The fourth-order valence-electron chi connectivity index (χ4n) is 1.64. The van der Waals surface area contributed by atoms with Crippen molar-refractivity contribution < 1.29 is 4.79 Å². The van der Waals surface area contributed by atoms with E-state index in [0.29, 0.717) is 12.5 Å². The first kappa shape index (κ1) is 14.6. The largest absolute Gasteiger partial charge is 0.354 e. The van der Waals surface area contributed by atoms with Gasteiger partial charge in [-0.2, -0.15) is 0 Å². The Morgan fingerprint density at radius 3 is 2.61 bits per heavy atom. The Morgan fingerprint density at radius 2 is 2.06 bits per heavy atom. The highest BCUT2D eigenvalue weighted by Crippen LogP contribution is 2.10. The number of nitrogens with one attached hydrogen (secondary N) is 2. The van der Waals surface area contributed by atoms with Crippen molar-refractivity contribution in [2.45, 2.75) is 39.8 Å². The SMILES string of the molecule is CC(C)CNC(=O)C(C)N[C@H](C)c1cccnc1. The number of amides is 1. The molecule has 0 saturated carbocycles. The highest BCUT2D eigenvalue weighted by atomic mass is 16.2. The molecule has 0 radical (unpaired) electrons. The zero-order valence-electron chi connectivity index (χ0n) is 11.6. The van der Waals surface area contributed by atoms with Crippen molar-refractivity contribution in [1.82, 2.24) is 15.6 Å². The maximum atomic E-state index is 11.8. The average molecular weight is 249 g/mol. The van der Waals surface area contributed by atoms with Gasteiger partial charge < -0.3 is 5.32 Å². The second-order valence-electron chi connectivity index (χ2n) is 5.04. The third-order valence-corrected chi connectivity index (χ3v) is 2.76. The number of hydrogen-bond acceptors (Lipinski definition) is 3. The van der Waals surface area contributed by atoms with Crippen molar-refractivity contribution in [3.8, 4) is 0 Å². The normalized spacial score (nSPS) is 14.3. The number of hydrogen-bond donors (Lipinski definition) is 2. The summed E-state index contributed by atoms with van der Waals surface area (Å²) in [6.45, 7) is 8.78. The lowest BCUT2D eigenvalue weighted by molar-refractivity contribution is -0.123. The number of carbonyl (C=O) groups excluding carboxylic acids is 1. The zero-order chi connectivity index (χ0) is 13.5. The Hall–Kier alpha value is -1.42. The van der Waals surface area contributed by atoms with Gasteiger partial charge in [-0.1, -0.05) is 19.9 Å². The van der Waals surface area contributed by atoms with Gasteiger partial charge in [-0.3, -0.25) is 15.1 Å². The lowest BCUT2D eigenvalue weighted by Gasteiger charge is -2.20. The quantitative estimate of drug-likeness (QED) is 0.809. The van der Waals surface area contributed by atoms with E-state index in [0.717, 1.165) is 5.56 Å². The fourth-order valence-corrected chi connectivity index (χ4v) is 1.64. The predicted octanol–water partition coefficient (Wildman–Crippen LogP) is 1.89. The minimum Gasteiger partial charge on any atom is -0.354 e. The van der Waals surface area contributed by atoms with Crippen LogP contribution in [-0.4, -0.2) is 23.5 Å². The van der Waals surface area contributed by atoms with Crippen LogP contribution in [0.25, 0.3) is 0 Å². The minimum atomic E-state index is -0.209. The van der Waals surface area contributed by atoms with Gasteiger partial charge in [-0.15, -0.1) is 0 Å². The summed E-state index contributed by atoms with van der Waals surface area (Å²) in [4.78, 5) is 15.9. The van der Waals surface area contributed by atoms with Crippen LogP contribution in [0.15, 0.2) is 24.5 Å². The molecule has 0 aliphatic rings. The summed E-state index contributed by atoms with van der Waals surface area (Å²) >= 11 is 0. The third-order valence-electron chi connectivity index (χ3n) is 2.76. The van der Waals surface area contributed by atoms with E-state index in [1.54, 1.807) is 6.20 Å². The van der Waals surface area contributed by atoms with Crippen molar-refractivity contribution in [2.24, 2.45) is 5.92 Å². The maximum absolute atomic E-state index is 11.8. The van der Waals surface area contributed by atoms with E-state index in [9.17, 15) is 4.79 Å². The summed E-state index contributed by atoms with van der Waals surface area (Å²) in [6, 6.07) is 3.80. The first-order valence-electron chi connectivity index (χ1n) is 6.44. The lowest BCUT2D eigenvalue weighted by Crippen LogP contribution is -2.44. The Bertz CT molecular complexity index is 365. The van der Waals surface area contributed by atoms with E-state index in [2.05, 4.69) is 29.5 Å². The van der Waals surface area contributed by atoms with Gasteiger partial charge in [0.2, 0.25) is 5.91 Å². The molecule has 1 unspecified atom stereocenters. The van der Waals surface area contributed by atoms with E-state index in [1.165, 1.54) is 0 Å². The Labute approximate surface area is 109 Å². The molecule has 1 heterocycles. The van der Waals surface area contributed by atoms with Crippen LogP contribution >= 0.6 is 0 Å². The second-order valence-corrected chi connectivity index (χ2v) is 5.04. The number of carbonyl (C=O) groups is 1. The van der Waals surface area contributed by atoms with Crippen molar-refractivity contribution >= 4 is 5.91 Å². The smallest absolute Gasteiger partial charge is 0.236 e. The van der Waals surface area contributed by atoms with E-state index in [1.807, 2.05) is 32.2 Å². The first-order valence-corrected chi connectivity index (χ1v) is 6.44. The number of rotatable bonds is 6. The third kappa shape index (κ3) is 4.84. The van der Waals surface area contributed by atoms with E-state index in [-0.39, 0.29) is 18.0 Å². The van der Waals surface area contributed by atoms with Crippen LogP contribution in [0.2, 0.25) is 0 Å². The molecule has 0 saturated heterocycles. The van der Waals surface area contributed by atoms with Crippen LogP contribution in [-0.2, 0) is 4.79 Å². The first-order chi connectivity index (χ1) is 8.50. The van der Waals surface area contributed by atoms with Crippen LogP contribution < -0.4 is 10.6 Å². The van der Waals surface area contributed by atoms with Gasteiger partial charge >= 0.3 is 0 Å². The van der Waals surface area contributed by atoms with Gasteiger partial charge in [-0.25, -0.2) is 0 Å². The van der Waals surface area contributed by atoms with Crippen molar-refractivity contribution in [3.05, 3.63) is 30.1 Å². The van der Waals surface area contributed by atoms with Crippen LogP contribution in [0.3, 0.4) is 0 Å². The molecule has 1 aromatic rings. The van der Waals surface area contributed by atoms with Crippen molar-refractivity contribution in [2.75, 3.05) is 6.54 Å². The van der Waals surface area contributed by atoms with Crippen LogP contribution in [0.1, 0.15) is 39.3 Å².